The molecule has 0 N–H and O–H groups in total. The van der Waals surface area contributed by atoms with E-state index in [1.807, 2.05) is 7.05 Å². The van der Waals surface area contributed by atoms with Crippen LogP contribution in [0.3, 0.4) is 0 Å². The Bertz CT molecular complexity index is 424. The Hall–Kier alpha value is -1.42. The van der Waals surface area contributed by atoms with Crippen molar-refractivity contribution in [3.63, 3.8) is 0 Å². The first-order chi connectivity index (χ1) is 6.27. The fourth-order valence-corrected chi connectivity index (χ4v) is 1.23. The standard InChI is InChI=1S/C8H7ClN4/c1-13-8(5-11-12-13)7-4-6(9)2-3-10-7/h2-5H,1H3. The summed E-state index contributed by atoms with van der Waals surface area (Å²) in [7, 11) is 1.81. The van der Waals surface area contributed by atoms with Crippen LogP contribution in [0.15, 0.2) is 24.5 Å². The highest BCUT2D eigenvalue weighted by atomic mass is 35.5. The van der Waals surface area contributed by atoms with E-state index in [-0.39, 0.29) is 0 Å². The largest absolute Gasteiger partial charge is 0.254 e. The number of halogens is 1. The van der Waals surface area contributed by atoms with Crippen molar-refractivity contribution >= 4 is 11.6 Å². The lowest BCUT2D eigenvalue weighted by molar-refractivity contribution is 0.719. The average molecular weight is 195 g/mol. The van der Waals surface area contributed by atoms with Gasteiger partial charge in [-0.1, -0.05) is 16.8 Å². The number of hydrogen-bond acceptors (Lipinski definition) is 3. The molecule has 0 saturated carbocycles. The first kappa shape index (κ1) is 8.19. The van der Waals surface area contributed by atoms with Gasteiger partial charge in [0.1, 0.15) is 5.69 Å². The second kappa shape index (κ2) is 3.14. The zero-order chi connectivity index (χ0) is 9.26. The number of aromatic nitrogens is 4. The van der Waals surface area contributed by atoms with Crippen molar-refractivity contribution in [2.24, 2.45) is 7.05 Å². The molecule has 2 heterocycles. The molecule has 4 nitrogen and oxygen atoms in total. The van der Waals surface area contributed by atoms with Crippen LogP contribution < -0.4 is 0 Å². The molecular formula is C8H7ClN4. The van der Waals surface area contributed by atoms with E-state index in [0.717, 1.165) is 11.4 Å². The van der Waals surface area contributed by atoms with E-state index < -0.39 is 0 Å². The van der Waals surface area contributed by atoms with Gasteiger partial charge in [0.2, 0.25) is 0 Å². The van der Waals surface area contributed by atoms with Crippen LogP contribution in [0.2, 0.25) is 5.02 Å². The molecule has 0 aromatic carbocycles. The normalized spacial score (nSPS) is 10.3. The predicted octanol–water partition coefficient (Wildman–Crippen LogP) is 1.53. The van der Waals surface area contributed by atoms with Crippen molar-refractivity contribution < 1.29 is 0 Å². The van der Waals surface area contributed by atoms with Crippen LogP contribution in [-0.4, -0.2) is 20.0 Å². The van der Waals surface area contributed by atoms with E-state index in [0.29, 0.717) is 5.02 Å². The van der Waals surface area contributed by atoms with E-state index in [2.05, 4.69) is 15.3 Å². The summed E-state index contributed by atoms with van der Waals surface area (Å²) >= 11 is 5.82. The number of hydrogen-bond donors (Lipinski definition) is 0. The molecule has 0 aliphatic heterocycles. The Morgan fingerprint density at radius 1 is 1.46 bits per heavy atom. The monoisotopic (exact) mass is 194 g/mol. The highest BCUT2D eigenvalue weighted by molar-refractivity contribution is 6.30. The minimum absolute atomic E-state index is 0.659. The summed E-state index contributed by atoms with van der Waals surface area (Å²) in [5.74, 6) is 0. The molecule has 0 fully saturated rings. The highest BCUT2D eigenvalue weighted by Crippen LogP contribution is 2.17. The van der Waals surface area contributed by atoms with Gasteiger partial charge in [-0.05, 0) is 12.1 Å². The van der Waals surface area contributed by atoms with E-state index >= 15 is 0 Å². The van der Waals surface area contributed by atoms with Gasteiger partial charge in [0.25, 0.3) is 0 Å². The Kier molecular flexibility index (Phi) is 1.98. The molecule has 0 spiro atoms. The lowest BCUT2D eigenvalue weighted by Crippen LogP contribution is -1.94. The van der Waals surface area contributed by atoms with Gasteiger partial charge in [-0.2, -0.15) is 0 Å². The van der Waals surface area contributed by atoms with Crippen LogP contribution in [0.5, 0.6) is 0 Å². The minimum Gasteiger partial charge on any atom is -0.254 e. The summed E-state index contributed by atoms with van der Waals surface area (Å²) in [5, 5.41) is 8.22. The number of rotatable bonds is 1. The van der Waals surface area contributed by atoms with Crippen LogP contribution >= 0.6 is 11.6 Å². The molecule has 0 bridgehead atoms. The number of aryl methyl sites for hydroxylation is 1. The van der Waals surface area contributed by atoms with E-state index in [1.54, 1.807) is 29.2 Å². The zero-order valence-electron chi connectivity index (χ0n) is 6.98. The van der Waals surface area contributed by atoms with Crippen molar-refractivity contribution in [1.29, 1.82) is 0 Å². The molecule has 0 amide bonds. The maximum absolute atomic E-state index is 5.82. The third kappa shape index (κ3) is 1.53. The van der Waals surface area contributed by atoms with Gasteiger partial charge in [-0.3, -0.25) is 4.98 Å². The lowest BCUT2D eigenvalue weighted by atomic mass is 10.3. The summed E-state index contributed by atoms with van der Waals surface area (Å²) in [6, 6.07) is 3.51. The van der Waals surface area contributed by atoms with Crippen LogP contribution in [0.1, 0.15) is 0 Å². The molecule has 0 aliphatic rings. The van der Waals surface area contributed by atoms with Gasteiger partial charge >= 0.3 is 0 Å². The Morgan fingerprint density at radius 2 is 2.31 bits per heavy atom. The molecule has 2 aromatic heterocycles. The summed E-state index contributed by atoms with van der Waals surface area (Å²) < 4.78 is 1.65. The Morgan fingerprint density at radius 3 is 2.92 bits per heavy atom. The van der Waals surface area contributed by atoms with Gasteiger partial charge in [-0.15, -0.1) is 5.10 Å². The Balaban J connectivity index is 2.53. The molecule has 0 saturated heterocycles. The second-order valence-electron chi connectivity index (χ2n) is 2.60. The Labute approximate surface area is 80.2 Å². The lowest BCUT2D eigenvalue weighted by Gasteiger charge is -1.98. The van der Waals surface area contributed by atoms with E-state index in [4.69, 9.17) is 11.6 Å². The van der Waals surface area contributed by atoms with E-state index in [9.17, 15) is 0 Å². The molecule has 0 unspecified atom stereocenters. The molecule has 2 rings (SSSR count). The second-order valence-corrected chi connectivity index (χ2v) is 3.04. The maximum Gasteiger partial charge on any atom is 0.107 e. The minimum atomic E-state index is 0.659. The average Bonchev–Trinajstić information content (AvgIpc) is 2.51. The van der Waals surface area contributed by atoms with Gasteiger partial charge < -0.3 is 0 Å². The topological polar surface area (TPSA) is 43.6 Å². The van der Waals surface area contributed by atoms with Crippen molar-refractivity contribution in [2.45, 2.75) is 0 Å². The van der Waals surface area contributed by atoms with Crippen molar-refractivity contribution in [2.75, 3.05) is 0 Å². The molecule has 66 valence electrons. The van der Waals surface area contributed by atoms with Crippen LogP contribution in [-0.2, 0) is 7.05 Å². The van der Waals surface area contributed by atoms with Gasteiger partial charge in [-0.25, -0.2) is 4.68 Å². The molecule has 13 heavy (non-hydrogen) atoms. The van der Waals surface area contributed by atoms with Crippen molar-refractivity contribution in [3.8, 4) is 11.4 Å². The van der Waals surface area contributed by atoms with Crippen molar-refractivity contribution in [3.05, 3.63) is 29.5 Å². The molecular weight excluding hydrogens is 188 g/mol. The van der Waals surface area contributed by atoms with Crippen LogP contribution in [0.4, 0.5) is 0 Å². The summed E-state index contributed by atoms with van der Waals surface area (Å²) in [5.41, 5.74) is 1.63. The van der Waals surface area contributed by atoms with E-state index in [1.165, 1.54) is 0 Å². The smallest absolute Gasteiger partial charge is 0.107 e. The number of pyridine rings is 1. The third-order valence-electron chi connectivity index (χ3n) is 1.70. The fraction of sp³-hybridized carbons (Fsp3) is 0.125. The van der Waals surface area contributed by atoms with Gasteiger partial charge in [0, 0.05) is 18.3 Å². The van der Waals surface area contributed by atoms with Crippen LogP contribution in [0.25, 0.3) is 11.4 Å². The first-order valence-electron chi connectivity index (χ1n) is 3.74. The van der Waals surface area contributed by atoms with Crippen LogP contribution in [0, 0.1) is 0 Å². The van der Waals surface area contributed by atoms with Crippen molar-refractivity contribution in [1.82, 2.24) is 20.0 Å². The summed E-state index contributed by atoms with van der Waals surface area (Å²) in [6.45, 7) is 0. The molecule has 0 radical (unpaired) electrons. The quantitative estimate of drug-likeness (QED) is 0.692. The molecule has 5 heteroatoms. The number of nitrogens with zero attached hydrogens (tertiary/aromatic N) is 4. The predicted molar refractivity (Wildman–Crippen MR) is 49.2 cm³/mol. The SMILES string of the molecule is Cn1nncc1-c1cc(Cl)ccn1. The van der Waals surface area contributed by atoms with Gasteiger partial charge in [0.15, 0.2) is 0 Å². The molecule has 0 aliphatic carbocycles. The first-order valence-corrected chi connectivity index (χ1v) is 4.12. The summed E-state index contributed by atoms with van der Waals surface area (Å²) in [6.07, 6.45) is 3.31. The molecule has 0 atom stereocenters. The third-order valence-corrected chi connectivity index (χ3v) is 1.93. The highest BCUT2D eigenvalue weighted by Gasteiger charge is 2.04. The zero-order valence-corrected chi connectivity index (χ0v) is 7.73. The molecule has 2 aromatic rings. The fourth-order valence-electron chi connectivity index (χ4n) is 1.07. The summed E-state index contributed by atoms with van der Waals surface area (Å²) in [4.78, 5) is 4.16. The van der Waals surface area contributed by atoms with Gasteiger partial charge in [0.05, 0.1) is 11.9 Å². The maximum atomic E-state index is 5.82.